The summed E-state index contributed by atoms with van der Waals surface area (Å²) in [6.45, 7) is 5.19. The smallest absolute Gasteiger partial charge is 0.328 e. The Hall–Kier alpha value is -1.49. The number of hydrogen-bond donors (Lipinski definition) is 1. The van der Waals surface area contributed by atoms with E-state index in [1.165, 1.54) is 6.08 Å². The molecule has 4 nitrogen and oxygen atoms in total. The average molecular weight is 357 g/mol. The van der Waals surface area contributed by atoms with Gasteiger partial charge in [0.15, 0.2) is 11.5 Å². The van der Waals surface area contributed by atoms with Gasteiger partial charge in [-0.1, -0.05) is 19.8 Å². The quantitative estimate of drug-likeness (QED) is 0.522. The average Bonchev–Trinajstić information content (AvgIpc) is 2.43. The minimum atomic E-state index is -0.982. The van der Waals surface area contributed by atoms with E-state index in [1.807, 2.05) is 13.0 Å². The molecule has 0 saturated carbocycles. The van der Waals surface area contributed by atoms with Crippen LogP contribution in [0.1, 0.15) is 38.7 Å². The van der Waals surface area contributed by atoms with Crippen LogP contribution in [0.2, 0.25) is 0 Å². The fourth-order valence-corrected chi connectivity index (χ4v) is 2.36. The topological polar surface area (TPSA) is 55.8 Å². The Morgan fingerprint density at radius 1 is 1.29 bits per heavy atom. The Kier molecular flexibility index (Phi) is 7.90. The van der Waals surface area contributed by atoms with Crippen LogP contribution in [0.25, 0.3) is 6.08 Å². The van der Waals surface area contributed by atoms with Crippen LogP contribution in [0.3, 0.4) is 0 Å². The van der Waals surface area contributed by atoms with Gasteiger partial charge in [0.25, 0.3) is 0 Å². The lowest BCUT2D eigenvalue weighted by molar-refractivity contribution is -0.131. The maximum absolute atomic E-state index is 10.6. The number of halogens is 1. The third kappa shape index (κ3) is 6.21. The predicted octanol–water partition coefficient (Wildman–Crippen LogP) is 4.51. The normalized spacial score (nSPS) is 10.8. The Morgan fingerprint density at radius 3 is 2.67 bits per heavy atom. The summed E-state index contributed by atoms with van der Waals surface area (Å²) in [7, 11) is 0. The lowest BCUT2D eigenvalue weighted by Crippen LogP contribution is -2.02. The van der Waals surface area contributed by atoms with Gasteiger partial charge in [-0.15, -0.1) is 0 Å². The van der Waals surface area contributed by atoms with Gasteiger partial charge in [-0.3, -0.25) is 0 Å². The monoisotopic (exact) mass is 356 g/mol. The molecule has 5 heteroatoms. The van der Waals surface area contributed by atoms with Gasteiger partial charge in [0.2, 0.25) is 0 Å². The summed E-state index contributed by atoms with van der Waals surface area (Å²) < 4.78 is 12.1. The van der Waals surface area contributed by atoms with Gasteiger partial charge < -0.3 is 14.6 Å². The standard InChI is InChI=1S/C16H21BrO4/c1-3-5-6-9-21-16-13(17)10-12(7-8-15(18)19)11-14(16)20-4-2/h7-8,10-11H,3-6,9H2,1-2H3,(H,18,19)/b8-7+. The molecule has 0 bridgehead atoms. The van der Waals surface area contributed by atoms with E-state index in [9.17, 15) is 4.79 Å². The molecule has 1 N–H and O–H groups in total. The number of unbranched alkanes of at least 4 members (excludes halogenated alkanes) is 2. The van der Waals surface area contributed by atoms with Gasteiger partial charge in [-0.2, -0.15) is 0 Å². The van der Waals surface area contributed by atoms with Gasteiger partial charge in [0.1, 0.15) is 0 Å². The molecule has 0 heterocycles. The lowest BCUT2D eigenvalue weighted by Gasteiger charge is -2.14. The molecule has 116 valence electrons. The summed E-state index contributed by atoms with van der Waals surface area (Å²) in [4.78, 5) is 10.6. The van der Waals surface area contributed by atoms with Crippen LogP contribution in [0.15, 0.2) is 22.7 Å². The zero-order valence-corrected chi connectivity index (χ0v) is 14.0. The molecule has 21 heavy (non-hydrogen) atoms. The molecule has 1 rings (SSSR count). The second kappa shape index (κ2) is 9.45. The molecule has 0 amide bonds. The van der Waals surface area contributed by atoms with E-state index in [4.69, 9.17) is 14.6 Å². The molecule has 1 aromatic carbocycles. The highest BCUT2D eigenvalue weighted by molar-refractivity contribution is 9.10. The Balaban J connectivity index is 2.93. The van der Waals surface area contributed by atoms with Crippen molar-refractivity contribution in [3.63, 3.8) is 0 Å². The zero-order valence-electron chi connectivity index (χ0n) is 12.4. The Labute approximate surface area is 133 Å². The van der Waals surface area contributed by atoms with Crippen molar-refractivity contribution in [1.82, 2.24) is 0 Å². The minimum Gasteiger partial charge on any atom is -0.490 e. The second-order valence-corrected chi connectivity index (χ2v) is 5.34. The van der Waals surface area contributed by atoms with Crippen LogP contribution in [0, 0.1) is 0 Å². The highest BCUT2D eigenvalue weighted by Crippen LogP contribution is 2.37. The first-order valence-corrected chi connectivity index (χ1v) is 7.87. The van der Waals surface area contributed by atoms with Crippen molar-refractivity contribution in [2.75, 3.05) is 13.2 Å². The molecule has 1 aromatic rings. The van der Waals surface area contributed by atoms with Crippen LogP contribution < -0.4 is 9.47 Å². The number of carboxylic acids is 1. The molecule has 0 spiro atoms. The van der Waals surface area contributed by atoms with Gasteiger partial charge in [-0.25, -0.2) is 4.79 Å². The summed E-state index contributed by atoms with van der Waals surface area (Å²) >= 11 is 3.46. The van der Waals surface area contributed by atoms with E-state index < -0.39 is 5.97 Å². The molecule has 0 atom stereocenters. The highest BCUT2D eigenvalue weighted by atomic mass is 79.9. The molecule has 0 aliphatic carbocycles. The zero-order chi connectivity index (χ0) is 15.7. The van der Waals surface area contributed by atoms with Crippen LogP contribution in [-0.4, -0.2) is 24.3 Å². The van der Waals surface area contributed by atoms with Gasteiger partial charge in [0, 0.05) is 6.08 Å². The molecule has 0 fully saturated rings. The summed E-state index contributed by atoms with van der Waals surface area (Å²) in [6, 6.07) is 3.60. The summed E-state index contributed by atoms with van der Waals surface area (Å²) in [6.07, 6.45) is 5.88. The summed E-state index contributed by atoms with van der Waals surface area (Å²) in [5, 5.41) is 8.68. The second-order valence-electron chi connectivity index (χ2n) is 4.49. The number of carboxylic acid groups (broad SMARTS) is 1. The van der Waals surface area contributed by atoms with Crippen LogP contribution >= 0.6 is 15.9 Å². The molecule has 0 unspecified atom stereocenters. The van der Waals surface area contributed by atoms with Crippen molar-refractivity contribution in [2.45, 2.75) is 33.1 Å². The Morgan fingerprint density at radius 2 is 2.05 bits per heavy atom. The van der Waals surface area contributed by atoms with Crippen molar-refractivity contribution in [1.29, 1.82) is 0 Å². The Bertz CT molecular complexity index is 497. The number of hydrogen-bond acceptors (Lipinski definition) is 3. The third-order valence-electron chi connectivity index (χ3n) is 2.74. The van der Waals surface area contributed by atoms with E-state index in [2.05, 4.69) is 22.9 Å². The first-order chi connectivity index (χ1) is 10.1. The van der Waals surface area contributed by atoms with Crippen molar-refractivity contribution < 1.29 is 19.4 Å². The first kappa shape index (κ1) is 17.6. The van der Waals surface area contributed by atoms with Crippen molar-refractivity contribution >= 4 is 28.0 Å². The van der Waals surface area contributed by atoms with Crippen LogP contribution in [0.4, 0.5) is 0 Å². The SMILES string of the molecule is CCCCCOc1c(Br)cc(/C=C/C(=O)O)cc1OCC. The molecule has 0 saturated heterocycles. The van der Waals surface area contributed by atoms with Crippen molar-refractivity contribution in [2.24, 2.45) is 0 Å². The molecule has 0 aromatic heterocycles. The molecule has 0 aliphatic heterocycles. The maximum atomic E-state index is 10.6. The van der Waals surface area contributed by atoms with E-state index in [0.717, 1.165) is 35.4 Å². The molecular formula is C16H21BrO4. The summed E-state index contributed by atoms with van der Waals surface area (Å²) in [5.41, 5.74) is 0.744. The molecule has 0 aliphatic rings. The predicted molar refractivity (Wildman–Crippen MR) is 87.0 cm³/mol. The minimum absolute atomic E-state index is 0.518. The maximum Gasteiger partial charge on any atom is 0.328 e. The molecule has 0 radical (unpaired) electrons. The van der Waals surface area contributed by atoms with Gasteiger partial charge in [0.05, 0.1) is 17.7 Å². The number of benzene rings is 1. The number of rotatable bonds is 9. The van der Waals surface area contributed by atoms with E-state index in [-0.39, 0.29) is 0 Å². The van der Waals surface area contributed by atoms with Gasteiger partial charge in [-0.05, 0) is 53.0 Å². The van der Waals surface area contributed by atoms with E-state index >= 15 is 0 Å². The third-order valence-corrected chi connectivity index (χ3v) is 3.33. The van der Waals surface area contributed by atoms with Crippen LogP contribution in [-0.2, 0) is 4.79 Å². The van der Waals surface area contributed by atoms with Crippen LogP contribution in [0.5, 0.6) is 11.5 Å². The van der Waals surface area contributed by atoms with Crippen molar-refractivity contribution in [3.05, 3.63) is 28.2 Å². The number of ether oxygens (including phenoxy) is 2. The lowest BCUT2D eigenvalue weighted by atomic mass is 10.2. The van der Waals surface area contributed by atoms with Crippen molar-refractivity contribution in [3.8, 4) is 11.5 Å². The van der Waals surface area contributed by atoms with Gasteiger partial charge >= 0.3 is 5.97 Å². The number of aliphatic carboxylic acids is 1. The fourth-order valence-electron chi connectivity index (χ4n) is 1.78. The number of carbonyl (C=O) groups is 1. The van der Waals surface area contributed by atoms with E-state index in [1.54, 1.807) is 6.07 Å². The van der Waals surface area contributed by atoms with E-state index in [0.29, 0.717) is 24.7 Å². The summed E-state index contributed by atoms with van der Waals surface area (Å²) in [5.74, 6) is 0.304. The largest absolute Gasteiger partial charge is 0.490 e. The molecular weight excluding hydrogens is 336 g/mol. The highest BCUT2D eigenvalue weighted by Gasteiger charge is 2.11. The first-order valence-electron chi connectivity index (χ1n) is 7.08. The fraction of sp³-hybridized carbons (Fsp3) is 0.438.